The van der Waals surface area contributed by atoms with E-state index in [-0.39, 0.29) is 12.5 Å². The Balaban J connectivity index is 1.76. The van der Waals surface area contributed by atoms with Crippen LogP contribution in [0.4, 0.5) is 0 Å². The highest BCUT2D eigenvalue weighted by molar-refractivity contribution is 7.88. The lowest BCUT2D eigenvalue weighted by molar-refractivity contribution is -0.120. The second-order valence-electron chi connectivity index (χ2n) is 6.76. The van der Waals surface area contributed by atoms with E-state index in [1.165, 1.54) is 16.1 Å². The topological polar surface area (TPSA) is 66.5 Å². The van der Waals surface area contributed by atoms with Gasteiger partial charge in [-0.05, 0) is 30.9 Å². The van der Waals surface area contributed by atoms with Crippen molar-refractivity contribution >= 4 is 15.9 Å². The van der Waals surface area contributed by atoms with Gasteiger partial charge in [0.2, 0.25) is 15.9 Å². The standard InChI is InChI=1S/C21H28N2O3S/c1-18-10-12-20(13-11-18)17-21(24)22-14-16-23(27(2,25)26)15-6-9-19-7-4-3-5-8-19/h3-5,7-8,10-13H,6,9,14-17H2,1-2H3,(H,22,24). The summed E-state index contributed by atoms with van der Waals surface area (Å²) in [7, 11) is -3.30. The molecule has 6 heteroatoms. The molecule has 2 aromatic carbocycles. The lowest BCUT2D eigenvalue weighted by Gasteiger charge is -2.20. The van der Waals surface area contributed by atoms with Gasteiger partial charge in [-0.1, -0.05) is 60.2 Å². The Labute approximate surface area is 162 Å². The van der Waals surface area contributed by atoms with E-state index >= 15 is 0 Å². The van der Waals surface area contributed by atoms with Crippen molar-refractivity contribution in [2.45, 2.75) is 26.2 Å². The van der Waals surface area contributed by atoms with Crippen LogP contribution in [-0.4, -0.2) is 44.5 Å². The molecule has 5 nitrogen and oxygen atoms in total. The van der Waals surface area contributed by atoms with Crippen molar-refractivity contribution in [2.75, 3.05) is 25.9 Å². The van der Waals surface area contributed by atoms with E-state index in [0.717, 1.165) is 24.0 Å². The number of carbonyl (C=O) groups excluding carboxylic acids is 1. The molecule has 1 N–H and O–H groups in total. The number of hydrogen-bond acceptors (Lipinski definition) is 3. The summed E-state index contributed by atoms with van der Waals surface area (Å²) in [6, 6.07) is 17.8. The molecule has 0 aliphatic heterocycles. The number of sulfonamides is 1. The number of amides is 1. The monoisotopic (exact) mass is 388 g/mol. The molecule has 0 fully saturated rings. The van der Waals surface area contributed by atoms with Crippen molar-refractivity contribution in [3.63, 3.8) is 0 Å². The highest BCUT2D eigenvalue weighted by Gasteiger charge is 2.16. The first-order valence-corrected chi connectivity index (χ1v) is 11.0. The van der Waals surface area contributed by atoms with Crippen LogP contribution < -0.4 is 5.32 Å². The average Bonchev–Trinajstić information content (AvgIpc) is 2.62. The van der Waals surface area contributed by atoms with Gasteiger partial charge in [-0.3, -0.25) is 4.79 Å². The fraction of sp³-hybridized carbons (Fsp3) is 0.381. The smallest absolute Gasteiger partial charge is 0.224 e. The molecular formula is C21H28N2O3S. The van der Waals surface area contributed by atoms with Gasteiger partial charge in [0.25, 0.3) is 0 Å². The first-order chi connectivity index (χ1) is 12.8. The zero-order valence-electron chi connectivity index (χ0n) is 16.0. The van der Waals surface area contributed by atoms with Gasteiger partial charge in [-0.15, -0.1) is 0 Å². The zero-order valence-corrected chi connectivity index (χ0v) is 16.8. The number of aryl methyl sites for hydroxylation is 2. The third-order valence-corrected chi connectivity index (χ3v) is 5.66. The Bertz CT molecular complexity index is 818. The van der Waals surface area contributed by atoms with E-state index in [1.54, 1.807) is 0 Å². The molecule has 1 amide bonds. The van der Waals surface area contributed by atoms with Gasteiger partial charge in [-0.2, -0.15) is 0 Å². The molecule has 2 aromatic rings. The minimum atomic E-state index is -3.30. The third kappa shape index (κ3) is 7.93. The van der Waals surface area contributed by atoms with Crippen LogP contribution >= 0.6 is 0 Å². The van der Waals surface area contributed by atoms with Crippen molar-refractivity contribution < 1.29 is 13.2 Å². The average molecular weight is 389 g/mol. The van der Waals surface area contributed by atoms with Crippen molar-refractivity contribution in [2.24, 2.45) is 0 Å². The molecule has 0 heterocycles. The van der Waals surface area contributed by atoms with Crippen LogP contribution in [0.5, 0.6) is 0 Å². The molecule has 0 aromatic heterocycles. The van der Waals surface area contributed by atoms with Crippen molar-refractivity contribution in [1.82, 2.24) is 9.62 Å². The minimum absolute atomic E-state index is 0.100. The van der Waals surface area contributed by atoms with E-state index < -0.39 is 10.0 Å². The predicted octanol–water partition coefficient (Wildman–Crippen LogP) is 2.55. The Morgan fingerprint density at radius 3 is 2.26 bits per heavy atom. The van der Waals surface area contributed by atoms with Gasteiger partial charge in [0.05, 0.1) is 12.7 Å². The van der Waals surface area contributed by atoms with Crippen LogP contribution in [0.1, 0.15) is 23.1 Å². The normalized spacial score (nSPS) is 11.5. The second-order valence-corrected chi connectivity index (χ2v) is 8.75. The first-order valence-electron chi connectivity index (χ1n) is 9.16. The van der Waals surface area contributed by atoms with E-state index in [4.69, 9.17) is 0 Å². The molecule has 0 bridgehead atoms. The molecule has 0 saturated carbocycles. The number of hydrogen-bond donors (Lipinski definition) is 1. The summed E-state index contributed by atoms with van der Waals surface area (Å²) in [4.78, 5) is 12.0. The van der Waals surface area contributed by atoms with Crippen molar-refractivity contribution in [3.05, 3.63) is 71.3 Å². The number of rotatable bonds is 10. The van der Waals surface area contributed by atoms with Crippen molar-refractivity contribution in [3.8, 4) is 0 Å². The number of benzene rings is 2. The maximum atomic E-state index is 12.0. The van der Waals surface area contributed by atoms with Gasteiger partial charge in [0.15, 0.2) is 0 Å². The molecule has 0 spiro atoms. The second kappa shape index (κ2) is 10.2. The summed E-state index contributed by atoms with van der Waals surface area (Å²) in [5.74, 6) is -0.100. The van der Waals surface area contributed by atoms with Crippen LogP contribution in [0, 0.1) is 6.92 Å². The quantitative estimate of drug-likeness (QED) is 0.680. The summed E-state index contributed by atoms with van der Waals surface area (Å²) in [6.07, 6.45) is 3.08. The lowest BCUT2D eigenvalue weighted by Crippen LogP contribution is -2.39. The van der Waals surface area contributed by atoms with Crippen LogP contribution in [0.25, 0.3) is 0 Å². The van der Waals surface area contributed by atoms with E-state index in [9.17, 15) is 13.2 Å². The number of nitrogens with zero attached hydrogens (tertiary/aromatic N) is 1. The predicted molar refractivity (Wildman–Crippen MR) is 109 cm³/mol. The fourth-order valence-electron chi connectivity index (χ4n) is 2.82. The molecule has 0 radical (unpaired) electrons. The van der Waals surface area contributed by atoms with Gasteiger partial charge < -0.3 is 5.32 Å². The van der Waals surface area contributed by atoms with Crippen LogP contribution in [0.2, 0.25) is 0 Å². The van der Waals surface area contributed by atoms with Crippen LogP contribution in [0.15, 0.2) is 54.6 Å². The van der Waals surface area contributed by atoms with Crippen LogP contribution in [0.3, 0.4) is 0 Å². The molecule has 27 heavy (non-hydrogen) atoms. The maximum Gasteiger partial charge on any atom is 0.224 e. The molecule has 0 atom stereocenters. The molecule has 0 saturated heterocycles. The van der Waals surface area contributed by atoms with E-state index in [1.807, 2.05) is 61.5 Å². The maximum absolute atomic E-state index is 12.0. The Hall–Kier alpha value is -2.18. The third-order valence-electron chi connectivity index (χ3n) is 4.35. The molecule has 0 aliphatic carbocycles. The molecule has 0 aliphatic rings. The first kappa shape index (κ1) is 21.1. The van der Waals surface area contributed by atoms with E-state index in [2.05, 4.69) is 5.32 Å². The number of nitrogens with one attached hydrogen (secondary N) is 1. The molecule has 146 valence electrons. The highest BCUT2D eigenvalue weighted by Crippen LogP contribution is 2.06. The number of carbonyl (C=O) groups is 1. The fourth-order valence-corrected chi connectivity index (χ4v) is 3.71. The Morgan fingerprint density at radius 1 is 0.963 bits per heavy atom. The summed E-state index contributed by atoms with van der Waals surface area (Å²) in [5.41, 5.74) is 3.29. The van der Waals surface area contributed by atoms with Gasteiger partial charge in [0, 0.05) is 19.6 Å². The summed E-state index contributed by atoms with van der Waals surface area (Å²) in [6.45, 7) is 3.04. The summed E-state index contributed by atoms with van der Waals surface area (Å²) >= 11 is 0. The highest BCUT2D eigenvalue weighted by atomic mass is 32.2. The Kier molecular flexibility index (Phi) is 8.00. The van der Waals surface area contributed by atoms with Gasteiger partial charge >= 0.3 is 0 Å². The minimum Gasteiger partial charge on any atom is -0.354 e. The molecular weight excluding hydrogens is 360 g/mol. The largest absolute Gasteiger partial charge is 0.354 e. The Morgan fingerprint density at radius 2 is 1.63 bits per heavy atom. The van der Waals surface area contributed by atoms with Crippen molar-refractivity contribution in [1.29, 1.82) is 0 Å². The summed E-state index contributed by atoms with van der Waals surface area (Å²) < 4.78 is 25.4. The molecule has 2 rings (SSSR count). The molecule has 0 unspecified atom stereocenters. The van der Waals surface area contributed by atoms with E-state index in [0.29, 0.717) is 19.5 Å². The van der Waals surface area contributed by atoms with Crippen LogP contribution in [-0.2, 0) is 27.7 Å². The lowest BCUT2D eigenvalue weighted by atomic mass is 10.1. The summed E-state index contributed by atoms with van der Waals surface area (Å²) in [5, 5.41) is 2.81. The van der Waals surface area contributed by atoms with Gasteiger partial charge in [-0.25, -0.2) is 12.7 Å². The SMILES string of the molecule is Cc1ccc(CC(=O)NCCN(CCCc2ccccc2)S(C)(=O)=O)cc1. The zero-order chi connectivity index (χ0) is 19.7. The van der Waals surface area contributed by atoms with Gasteiger partial charge in [0.1, 0.15) is 0 Å².